The summed E-state index contributed by atoms with van der Waals surface area (Å²) < 4.78 is 0. The number of hydrogen-bond donors (Lipinski definition) is 1. The summed E-state index contributed by atoms with van der Waals surface area (Å²) in [5, 5.41) is 3.23. The van der Waals surface area contributed by atoms with E-state index in [1.807, 2.05) is 30.3 Å². The second-order valence-corrected chi connectivity index (χ2v) is 8.10. The molecule has 0 spiro atoms. The maximum absolute atomic E-state index is 12.8. The van der Waals surface area contributed by atoms with Gasteiger partial charge in [-0.1, -0.05) is 62.7 Å². The maximum atomic E-state index is 12.8. The molecular formula is C24H32N2O. The van der Waals surface area contributed by atoms with Crippen LogP contribution >= 0.6 is 0 Å². The first kappa shape index (κ1) is 19.6. The largest absolute Gasteiger partial charge is 0.345 e. The van der Waals surface area contributed by atoms with Crippen molar-refractivity contribution in [2.75, 3.05) is 13.1 Å². The Morgan fingerprint density at radius 1 is 0.963 bits per heavy atom. The number of carbonyl (C=O) groups excluding carboxylic acids is 1. The Morgan fingerprint density at radius 3 is 2.26 bits per heavy atom. The van der Waals surface area contributed by atoms with Gasteiger partial charge in [0.15, 0.2) is 0 Å². The third-order valence-electron chi connectivity index (χ3n) is 5.29. The minimum absolute atomic E-state index is 0.00836. The van der Waals surface area contributed by atoms with E-state index < -0.39 is 0 Å². The van der Waals surface area contributed by atoms with E-state index in [0.717, 1.165) is 18.5 Å². The first-order valence-electron chi connectivity index (χ1n) is 10.3. The van der Waals surface area contributed by atoms with Crippen LogP contribution in [0, 0.1) is 5.92 Å². The average molecular weight is 365 g/mol. The molecule has 1 heterocycles. The van der Waals surface area contributed by atoms with Crippen molar-refractivity contribution < 1.29 is 4.79 Å². The van der Waals surface area contributed by atoms with Crippen LogP contribution in [0.15, 0.2) is 54.6 Å². The van der Waals surface area contributed by atoms with Gasteiger partial charge in [0.05, 0.1) is 6.04 Å². The fourth-order valence-corrected chi connectivity index (χ4v) is 3.81. The van der Waals surface area contributed by atoms with E-state index in [1.165, 1.54) is 43.5 Å². The summed E-state index contributed by atoms with van der Waals surface area (Å²) in [6.07, 6.45) is 4.89. The SMILES string of the molecule is CC(C)C[C@H](NC(=O)c1ccc(CN2CCCCC2)cc1)c1ccccc1. The van der Waals surface area contributed by atoms with Crippen LogP contribution in [0.5, 0.6) is 0 Å². The molecule has 0 unspecified atom stereocenters. The number of hydrogen-bond acceptors (Lipinski definition) is 2. The zero-order valence-electron chi connectivity index (χ0n) is 16.7. The summed E-state index contributed by atoms with van der Waals surface area (Å²) in [5.74, 6) is 0.524. The molecule has 0 aromatic heterocycles. The fraction of sp³-hybridized carbons (Fsp3) is 0.458. The molecule has 3 rings (SSSR count). The van der Waals surface area contributed by atoms with Gasteiger partial charge in [0, 0.05) is 12.1 Å². The standard InChI is InChI=1S/C24H32N2O/c1-19(2)17-23(21-9-5-3-6-10-21)25-24(27)22-13-11-20(12-14-22)18-26-15-7-4-8-16-26/h3,5-6,9-14,19,23H,4,7-8,15-18H2,1-2H3,(H,25,27)/t23-/m0/s1. The monoisotopic (exact) mass is 364 g/mol. The number of rotatable bonds is 7. The predicted octanol–water partition coefficient (Wildman–Crippen LogP) is 5.19. The number of nitrogens with one attached hydrogen (secondary N) is 1. The van der Waals surface area contributed by atoms with Crippen molar-refractivity contribution in [2.24, 2.45) is 5.92 Å². The molecule has 3 heteroatoms. The van der Waals surface area contributed by atoms with Gasteiger partial charge in [-0.05, 0) is 61.5 Å². The summed E-state index contributed by atoms with van der Waals surface area (Å²) in [7, 11) is 0. The molecule has 1 aliphatic rings. The van der Waals surface area contributed by atoms with Crippen molar-refractivity contribution >= 4 is 5.91 Å². The van der Waals surface area contributed by atoms with E-state index in [2.05, 4.69) is 48.3 Å². The highest BCUT2D eigenvalue weighted by atomic mass is 16.1. The molecule has 1 fully saturated rings. The molecule has 0 radical (unpaired) electrons. The zero-order chi connectivity index (χ0) is 19.1. The molecule has 1 amide bonds. The van der Waals surface area contributed by atoms with Crippen LogP contribution in [0.2, 0.25) is 0 Å². The molecule has 1 saturated heterocycles. The van der Waals surface area contributed by atoms with Gasteiger partial charge in [0.1, 0.15) is 0 Å². The van der Waals surface area contributed by atoms with Gasteiger partial charge in [-0.25, -0.2) is 0 Å². The fourth-order valence-electron chi connectivity index (χ4n) is 3.81. The van der Waals surface area contributed by atoms with Gasteiger partial charge in [-0.3, -0.25) is 9.69 Å². The van der Waals surface area contributed by atoms with Crippen LogP contribution in [0.1, 0.15) is 67.1 Å². The van der Waals surface area contributed by atoms with Crippen molar-refractivity contribution in [1.29, 1.82) is 0 Å². The molecule has 0 bridgehead atoms. The molecule has 3 nitrogen and oxygen atoms in total. The van der Waals surface area contributed by atoms with Gasteiger partial charge < -0.3 is 5.32 Å². The Morgan fingerprint density at radius 2 is 1.63 bits per heavy atom. The Bertz CT molecular complexity index is 703. The number of nitrogens with zero attached hydrogens (tertiary/aromatic N) is 1. The van der Waals surface area contributed by atoms with Crippen molar-refractivity contribution in [1.82, 2.24) is 10.2 Å². The Hall–Kier alpha value is -2.13. The Labute approximate surface area is 163 Å². The maximum Gasteiger partial charge on any atom is 0.251 e. The van der Waals surface area contributed by atoms with Crippen LogP contribution in [0.4, 0.5) is 0 Å². The summed E-state index contributed by atoms with van der Waals surface area (Å²) in [5.41, 5.74) is 3.19. The average Bonchev–Trinajstić information content (AvgIpc) is 2.69. The van der Waals surface area contributed by atoms with Crippen molar-refractivity contribution in [2.45, 2.75) is 52.1 Å². The summed E-state index contributed by atoms with van der Waals surface area (Å²) in [6.45, 7) is 7.75. The van der Waals surface area contributed by atoms with Crippen molar-refractivity contribution in [3.63, 3.8) is 0 Å². The van der Waals surface area contributed by atoms with Crippen LogP contribution in [0.3, 0.4) is 0 Å². The molecule has 144 valence electrons. The van der Waals surface area contributed by atoms with Crippen LogP contribution in [0.25, 0.3) is 0 Å². The van der Waals surface area contributed by atoms with Gasteiger partial charge in [-0.2, -0.15) is 0 Å². The first-order valence-corrected chi connectivity index (χ1v) is 10.3. The Balaban J connectivity index is 1.63. The van der Waals surface area contributed by atoms with Crippen LogP contribution < -0.4 is 5.32 Å². The summed E-state index contributed by atoms with van der Waals surface area (Å²) >= 11 is 0. The highest BCUT2D eigenvalue weighted by Crippen LogP contribution is 2.22. The van der Waals surface area contributed by atoms with Gasteiger partial charge in [-0.15, -0.1) is 0 Å². The topological polar surface area (TPSA) is 32.3 Å². The predicted molar refractivity (Wildman–Crippen MR) is 112 cm³/mol. The smallest absolute Gasteiger partial charge is 0.251 e. The number of likely N-dealkylation sites (tertiary alicyclic amines) is 1. The van der Waals surface area contributed by atoms with Gasteiger partial charge >= 0.3 is 0 Å². The number of amides is 1. The minimum atomic E-state index is 0.00836. The number of piperidine rings is 1. The molecule has 27 heavy (non-hydrogen) atoms. The normalized spacial score (nSPS) is 16.3. The van der Waals surface area contributed by atoms with E-state index in [0.29, 0.717) is 5.92 Å². The van der Waals surface area contributed by atoms with E-state index in [9.17, 15) is 4.79 Å². The molecule has 0 saturated carbocycles. The van der Waals surface area contributed by atoms with E-state index in [-0.39, 0.29) is 11.9 Å². The molecular weight excluding hydrogens is 332 g/mol. The molecule has 1 aliphatic heterocycles. The molecule has 2 aromatic carbocycles. The third kappa shape index (κ3) is 5.93. The van der Waals surface area contributed by atoms with Crippen molar-refractivity contribution in [3.05, 3.63) is 71.3 Å². The lowest BCUT2D eigenvalue weighted by Gasteiger charge is -2.26. The highest BCUT2D eigenvalue weighted by Gasteiger charge is 2.17. The van der Waals surface area contributed by atoms with Gasteiger partial charge in [0.25, 0.3) is 5.91 Å². The third-order valence-corrected chi connectivity index (χ3v) is 5.29. The molecule has 1 N–H and O–H groups in total. The second-order valence-electron chi connectivity index (χ2n) is 8.10. The van der Waals surface area contributed by atoms with E-state index >= 15 is 0 Å². The highest BCUT2D eigenvalue weighted by molar-refractivity contribution is 5.94. The van der Waals surface area contributed by atoms with E-state index in [1.54, 1.807) is 0 Å². The molecule has 0 aliphatic carbocycles. The number of carbonyl (C=O) groups is 1. The lowest BCUT2D eigenvalue weighted by molar-refractivity contribution is 0.0932. The zero-order valence-corrected chi connectivity index (χ0v) is 16.7. The number of benzene rings is 2. The van der Waals surface area contributed by atoms with Crippen LogP contribution in [-0.2, 0) is 6.54 Å². The van der Waals surface area contributed by atoms with E-state index in [4.69, 9.17) is 0 Å². The lowest BCUT2D eigenvalue weighted by Crippen LogP contribution is -2.30. The minimum Gasteiger partial charge on any atom is -0.345 e. The van der Waals surface area contributed by atoms with Crippen LogP contribution in [-0.4, -0.2) is 23.9 Å². The van der Waals surface area contributed by atoms with Gasteiger partial charge in [0.2, 0.25) is 0 Å². The lowest BCUT2D eigenvalue weighted by atomic mass is 9.96. The first-order chi connectivity index (χ1) is 13.1. The quantitative estimate of drug-likeness (QED) is 0.733. The Kier molecular flexibility index (Phi) is 7.05. The summed E-state index contributed by atoms with van der Waals surface area (Å²) in [6, 6.07) is 18.4. The molecule has 2 aromatic rings. The molecule has 1 atom stereocenters. The second kappa shape index (κ2) is 9.70. The van der Waals surface area contributed by atoms with Crippen molar-refractivity contribution in [3.8, 4) is 0 Å². The summed E-state index contributed by atoms with van der Waals surface area (Å²) in [4.78, 5) is 15.3.